The van der Waals surface area contributed by atoms with Crippen LogP contribution in [0.2, 0.25) is 0 Å². The van der Waals surface area contributed by atoms with E-state index in [1.807, 2.05) is 13.8 Å². The van der Waals surface area contributed by atoms with Crippen molar-refractivity contribution < 1.29 is 9.53 Å². The number of rotatable bonds is 7. The van der Waals surface area contributed by atoms with E-state index in [1.54, 1.807) is 0 Å². The fraction of sp³-hybridized carbons (Fsp3) is 0.923. The predicted molar refractivity (Wildman–Crippen MR) is 68.9 cm³/mol. The van der Waals surface area contributed by atoms with E-state index in [-0.39, 0.29) is 12.0 Å². The Labute approximate surface area is 105 Å². The van der Waals surface area contributed by atoms with Crippen molar-refractivity contribution in [2.45, 2.75) is 33.8 Å². The summed E-state index contributed by atoms with van der Waals surface area (Å²) in [5.74, 6) is 1.61. The van der Waals surface area contributed by atoms with E-state index in [2.05, 4.69) is 24.1 Å². The molecule has 0 aromatic heterocycles. The number of nitrogens with zero attached hydrogens (tertiary/aromatic N) is 1. The Kier molecular flexibility index (Phi) is 5.92. The summed E-state index contributed by atoms with van der Waals surface area (Å²) in [7, 11) is 0. The van der Waals surface area contributed by atoms with Crippen molar-refractivity contribution >= 4 is 5.91 Å². The minimum Gasteiger partial charge on any atom is -0.377 e. The molecule has 1 aliphatic rings. The quantitative estimate of drug-likeness (QED) is 0.680. The summed E-state index contributed by atoms with van der Waals surface area (Å²) in [4.78, 5) is 13.8. The molecule has 4 nitrogen and oxygen atoms in total. The first-order chi connectivity index (χ1) is 7.99. The molecule has 0 bridgehead atoms. The summed E-state index contributed by atoms with van der Waals surface area (Å²) in [6, 6.07) is 0. The molecule has 17 heavy (non-hydrogen) atoms. The average molecular weight is 242 g/mol. The van der Waals surface area contributed by atoms with Crippen LogP contribution in [-0.4, -0.2) is 49.7 Å². The van der Waals surface area contributed by atoms with Gasteiger partial charge in [0, 0.05) is 19.6 Å². The van der Waals surface area contributed by atoms with Crippen LogP contribution in [0.1, 0.15) is 27.7 Å². The smallest absolute Gasteiger partial charge is 0.234 e. The summed E-state index contributed by atoms with van der Waals surface area (Å²) in [5.41, 5.74) is 0. The highest BCUT2D eigenvalue weighted by atomic mass is 16.5. The largest absolute Gasteiger partial charge is 0.377 e. The van der Waals surface area contributed by atoms with Gasteiger partial charge < -0.3 is 10.1 Å². The van der Waals surface area contributed by atoms with Gasteiger partial charge in [0.2, 0.25) is 5.91 Å². The Morgan fingerprint density at radius 1 is 1.35 bits per heavy atom. The number of hydrogen-bond donors (Lipinski definition) is 1. The van der Waals surface area contributed by atoms with Gasteiger partial charge in [0.15, 0.2) is 0 Å². The second-order valence-electron chi connectivity index (χ2n) is 5.47. The number of hydrogen-bond acceptors (Lipinski definition) is 3. The van der Waals surface area contributed by atoms with Gasteiger partial charge in [0.1, 0.15) is 0 Å². The normalized spacial score (nSPS) is 17.5. The van der Waals surface area contributed by atoms with Gasteiger partial charge >= 0.3 is 0 Å². The van der Waals surface area contributed by atoms with Crippen LogP contribution < -0.4 is 5.32 Å². The summed E-state index contributed by atoms with van der Waals surface area (Å²) < 4.78 is 5.36. The van der Waals surface area contributed by atoms with Gasteiger partial charge in [0.05, 0.1) is 19.3 Å². The minimum atomic E-state index is 0.111. The average Bonchev–Trinajstić information content (AvgIpc) is 2.16. The third kappa shape index (κ3) is 5.50. The fourth-order valence-corrected chi connectivity index (χ4v) is 1.90. The molecule has 0 spiro atoms. The Morgan fingerprint density at radius 2 is 2.00 bits per heavy atom. The maximum Gasteiger partial charge on any atom is 0.234 e. The Morgan fingerprint density at radius 3 is 2.53 bits per heavy atom. The summed E-state index contributed by atoms with van der Waals surface area (Å²) >= 11 is 0. The lowest BCUT2D eigenvalue weighted by molar-refractivity contribution is -0.124. The van der Waals surface area contributed by atoms with Gasteiger partial charge in [0.25, 0.3) is 0 Å². The predicted octanol–water partition coefficient (Wildman–Crippen LogP) is 1.12. The molecule has 1 heterocycles. The Hall–Kier alpha value is -0.610. The highest BCUT2D eigenvalue weighted by Gasteiger charge is 2.29. The van der Waals surface area contributed by atoms with E-state index in [0.29, 0.717) is 19.7 Å². The molecule has 0 aromatic rings. The van der Waals surface area contributed by atoms with Gasteiger partial charge in [-0.3, -0.25) is 9.69 Å². The molecule has 1 N–H and O–H groups in total. The highest BCUT2D eigenvalue weighted by molar-refractivity contribution is 5.78. The lowest BCUT2D eigenvalue weighted by atomic mass is 9.88. The molecule has 1 fully saturated rings. The van der Waals surface area contributed by atoms with Crippen LogP contribution in [0.5, 0.6) is 0 Å². The zero-order valence-electron chi connectivity index (χ0n) is 11.5. The molecule has 0 atom stereocenters. The van der Waals surface area contributed by atoms with Crippen molar-refractivity contribution in [2.24, 2.45) is 11.8 Å². The summed E-state index contributed by atoms with van der Waals surface area (Å²) in [5, 5.41) is 2.88. The Bertz CT molecular complexity index is 236. The first-order valence-corrected chi connectivity index (χ1v) is 6.59. The SMILES string of the molecule is CC(C)OCCNC(=O)CN1CC(C(C)C)C1. The second kappa shape index (κ2) is 6.97. The molecule has 4 heteroatoms. The van der Waals surface area contributed by atoms with Crippen molar-refractivity contribution in [3.8, 4) is 0 Å². The molecule has 100 valence electrons. The van der Waals surface area contributed by atoms with Crippen LogP contribution >= 0.6 is 0 Å². The number of carbonyl (C=O) groups excluding carboxylic acids is 1. The van der Waals surface area contributed by atoms with Crippen LogP contribution in [0, 0.1) is 11.8 Å². The molecular formula is C13H26N2O2. The van der Waals surface area contributed by atoms with E-state index >= 15 is 0 Å². The van der Waals surface area contributed by atoms with Gasteiger partial charge in [-0.15, -0.1) is 0 Å². The third-order valence-electron chi connectivity index (χ3n) is 3.17. The first kappa shape index (κ1) is 14.5. The topological polar surface area (TPSA) is 41.6 Å². The maximum absolute atomic E-state index is 11.6. The number of carbonyl (C=O) groups is 1. The molecule has 0 unspecified atom stereocenters. The van der Waals surface area contributed by atoms with Crippen molar-refractivity contribution in [2.75, 3.05) is 32.8 Å². The monoisotopic (exact) mass is 242 g/mol. The first-order valence-electron chi connectivity index (χ1n) is 6.59. The van der Waals surface area contributed by atoms with Gasteiger partial charge in [-0.1, -0.05) is 13.8 Å². The molecular weight excluding hydrogens is 216 g/mol. The zero-order valence-corrected chi connectivity index (χ0v) is 11.5. The third-order valence-corrected chi connectivity index (χ3v) is 3.17. The van der Waals surface area contributed by atoms with Crippen molar-refractivity contribution in [1.29, 1.82) is 0 Å². The molecule has 0 saturated carbocycles. The molecule has 1 aliphatic heterocycles. The van der Waals surface area contributed by atoms with E-state index in [0.717, 1.165) is 24.9 Å². The number of amides is 1. The van der Waals surface area contributed by atoms with Crippen LogP contribution in [0.25, 0.3) is 0 Å². The molecule has 1 rings (SSSR count). The zero-order chi connectivity index (χ0) is 12.8. The molecule has 1 saturated heterocycles. The fourth-order valence-electron chi connectivity index (χ4n) is 1.90. The van der Waals surface area contributed by atoms with E-state index in [4.69, 9.17) is 4.74 Å². The van der Waals surface area contributed by atoms with E-state index in [1.165, 1.54) is 0 Å². The number of likely N-dealkylation sites (tertiary alicyclic amines) is 1. The van der Waals surface area contributed by atoms with Gasteiger partial charge in [-0.05, 0) is 25.7 Å². The summed E-state index contributed by atoms with van der Waals surface area (Å²) in [6.45, 7) is 12.3. The molecule has 0 radical (unpaired) electrons. The van der Waals surface area contributed by atoms with Crippen molar-refractivity contribution in [3.63, 3.8) is 0 Å². The van der Waals surface area contributed by atoms with Crippen molar-refractivity contribution in [1.82, 2.24) is 10.2 Å². The second-order valence-corrected chi connectivity index (χ2v) is 5.47. The van der Waals surface area contributed by atoms with E-state index < -0.39 is 0 Å². The van der Waals surface area contributed by atoms with Crippen LogP contribution in [-0.2, 0) is 9.53 Å². The van der Waals surface area contributed by atoms with Crippen molar-refractivity contribution in [3.05, 3.63) is 0 Å². The van der Waals surface area contributed by atoms with Gasteiger partial charge in [-0.2, -0.15) is 0 Å². The van der Waals surface area contributed by atoms with Crippen LogP contribution in [0.4, 0.5) is 0 Å². The lowest BCUT2D eigenvalue weighted by Crippen LogP contribution is -2.52. The lowest BCUT2D eigenvalue weighted by Gasteiger charge is -2.41. The number of nitrogens with one attached hydrogen (secondary N) is 1. The maximum atomic E-state index is 11.6. The van der Waals surface area contributed by atoms with Gasteiger partial charge in [-0.25, -0.2) is 0 Å². The standard InChI is InChI=1S/C13H26N2O2/c1-10(2)12-7-15(8-12)9-13(16)14-5-6-17-11(3)4/h10-12H,5-9H2,1-4H3,(H,14,16). The van der Waals surface area contributed by atoms with E-state index in [9.17, 15) is 4.79 Å². The highest BCUT2D eigenvalue weighted by Crippen LogP contribution is 2.22. The van der Waals surface area contributed by atoms with Crippen LogP contribution in [0.15, 0.2) is 0 Å². The molecule has 0 aromatic carbocycles. The molecule has 0 aliphatic carbocycles. The Balaban J connectivity index is 1.99. The molecule has 1 amide bonds. The summed E-state index contributed by atoms with van der Waals surface area (Å²) in [6.07, 6.45) is 0.231. The minimum absolute atomic E-state index is 0.111. The van der Waals surface area contributed by atoms with Crippen LogP contribution in [0.3, 0.4) is 0 Å². The number of ether oxygens (including phenoxy) is 1.